The van der Waals surface area contributed by atoms with Crippen molar-refractivity contribution in [3.05, 3.63) is 83.9 Å². The number of carbonyl (C=O) groups excluding carboxylic acids is 1. The molecule has 32 heavy (non-hydrogen) atoms. The van der Waals surface area contributed by atoms with E-state index in [1.807, 2.05) is 54.6 Å². The highest BCUT2D eigenvalue weighted by Gasteiger charge is 2.35. The molecule has 8 heteroatoms. The first-order valence-electron chi connectivity index (χ1n) is 9.53. The van der Waals surface area contributed by atoms with Crippen LogP contribution >= 0.6 is 11.8 Å². The quantitative estimate of drug-likeness (QED) is 0.465. The van der Waals surface area contributed by atoms with E-state index in [4.69, 9.17) is 5.26 Å². The fraction of sp³-hybridized carbons (Fsp3) is 0.167. The number of thioether (sulfide) groups is 1. The molecule has 0 aromatic heterocycles. The first-order chi connectivity index (χ1) is 15.1. The number of alkyl halides is 3. The van der Waals surface area contributed by atoms with Crippen molar-refractivity contribution in [1.29, 1.82) is 5.26 Å². The summed E-state index contributed by atoms with van der Waals surface area (Å²) in [4.78, 5) is 13.4. The van der Waals surface area contributed by atoms with E-state index in [0.717, 1.165) is 22.1 Å². The van der Waals surface area contributed by atoms with E-state index in [9.17, 15) is 23.1 Å². The molecule has 1 amide bonds. The maximum atomic E-state index is 13.1. The largest absolute Gasteiger partial charge is 0.417 e. The summed E-state index contributed by atoms with van der Waals surface area (Å²) >= 11 is 1.25. The summed E-state index contributed by atoms with van der Waals surface area (Å²) in [6, 6.07) is 21.7. The third-order valence-electron chi connectivity index (χ3n) is 4.65. The molecular weight excluding hydrogens is 437 g/mol. The number of anilines is 1. The number of amides is 1. The average Bonchev–Trinajstić information content (AvgIpc) is 2.78. The van der Waals surface area contributed by atoms with Crippen molar-refractivity contribution in [2.45, 2.75) is 23.6 Å². The monoisotopic (exact) mass is 456 g/mol. The van der Waals surface area contributed by atoms with E-state index in [0.29, 0.717) is 6.07 Å². The van der Waals surface area contributed by atoms with Gasteiger partial charge in [-0.05, 0) is 48.4 Å². The maximum absolute atomic E-state index is 13.1. The van der Waals surface area contributed by atoms with Crippen LogP contribution in [0.15, 0.2) is 77.7 Å². The Hall–Kier alpha value is -3.28. The number of nitrogens with one attached hydrogen (secondary N) is 1. The van der Waals surface area contributed by atoms with Gasteiger partial charge in [0.2, 0.25) is 0 Å². The highest BCUT2D eigenvalue weighted by Crippen LogP contribution is 2.34. The molecule has 1 atom stereocenters. The summed E-state index contributed by atoms with van der Waals surface area (Å²) in [6.45, 7) is 1.30. The van der Waals surface area contributed by atoms with Gasteiger partial charge in [-0.1, -0.05) is 42.5 Å². The number of rotatable bonds is 6. The zero-order valence-corrected chi connectivity index (χ0v) is 17.8. The van der Waals surface area contributed by atoms with Crippen LogP contribution in [0.1, 0.15) is 18.1 Å². The lowest BCUT2D eigenvalue weighted by molar-refractivity contribution is -0.137. The van der Waals surface area contributed by atoms with E-state index in [2.05, 4.69) is 5.32 Å². The van der Waals surface area contributed by atoms with Crippen molar-refractivity contribution < 1.29 is 23.1 Å². The molecule has 0 saturated carbocycles. The summed E-state index contributed by atoms with van der Waals surface area (Å²) in [6.07, 6.45) is -4.74. The van der Waals surface area contributed by atoms with Gasteiger partial charge in [0.1, 0.15) is 5.60 Å². The van der Waals surface area contributed by atoms with E-state index in [-0.39, 0.29) is 11.4 Å². The molecule has 2 N–H and O–H groups in total. The molecule has 0 spiro atoms. The molecular formula is C24H19F3N2O2S. The second kappa shape index (κ2) is 9.47. The van der Waals surface area contributed by atoms with E-state index < -0.39 is 28.8 Å². The van der Waals surface area contributed by atoms with Crippen LogP contribution in [0.2, 0.25) is 0 Å². The Kier molecular flexibility index (Phi) is 6.92. The lowest BCUT2D eigenvalue weighted by atomic mass is 10.1. The van der Waals surface area contributed by atoms with Gasteiger partial charge in [-0.25, -0.2) is 0 Å². The highest BCUT2D eigenvalue weighted by atomic mass is 32.2. The number of aliphatic hydroxyl groups is 1. The Morgan fingerprint density at radius 1 is 1.03 bits per heavy atom. The third-order valence-corrected chi connectivity index (χ3v) is 5.95. The van der Waals surface area contributed by atoms with Crippen LogP contribution in [0.25, 0.3) is 11.1 Å². The molecule has 1 unspecified atom stereocenters. The van der Waals surface area contributed by atoms with E-state index >= 15 is 0 Å². The molecule has 3 aromatic rings. The number of carbonyl (C=O) groups is 1. The smallest absolute Gasteiger partial charge is 0.379 e. The van der Waals surface area contributed by atoms with Crippen LogP contribution in [0, 0.1) is 11.3 Å². The third kappa shape index (κ3) is 5.69. The molecule has 3 aromatic carbocycles. The fourth-order valence-electron chi connectivity index (χ4n) is 2.91. The number of benzene rings is 3. The van der Waals surface area contributed by atoms with Gasteiger partial charge in [0.05, 0.1) is 17.2 Å². The first kappa shape index (κ1) is 23.4. The molecule has 0 fully saturated rings. The predicted octanol–water partition coefficient (Wildman–Crippen LogP) is 5.73. The van der Waals surface area contributed by atoms with Crippen LogP contribution in [0.4, 0.5) is 18.9 Å². The Morgan fingerprint density at radius 2 is 1.72 bits per heavy atom. The predicted molar refractivity (Wildman–Crippen MR) is 118 cm³/mol. The van der Waals surface area contributed by atoms with Crippen molar-refractivity contribution in [2.24, 2.45) is 0 Å². The molecule has 0 heterocycles. The normalized spacial score (nSPS) is 13.1. The number of nitrogens with zero attached hydrogens (tertiary/aromatic N) is 1. The summed E-state index contributed by atoms with van der Waals surface area (Å²) in [5.74, 6) is -0.860. The number of hydrogen-bond donors (Lipinski definition) is 2. The number of halogens is 3. The van der Waals surface area contributed by atoms with Crippen molar-refractivity contribution in [3.8, 4) is 17.2 Å². The zero-order valence-electron chi connectivity index (χ0n) is 17.0. The first-order valence-corrected chi connectivity index (χ1v) is 10.5. The van der Waals surface area contributed by atoms with Crippen molar-refractivity contribution in [1.82, 2.24) is 0 Å². The minimum Gasteiger partial charge on any atom is -0.379 e. The molecule has 0 radical (unpaired) electrons. The van der Waals surface area contributed by atoms with Gasteiger partial charge in [-0.3, -0.25) is 4.79 Å². The standard InChI is InChI=1S/C24H19F3N2O2S/c1-23(31,15-32-20-9-5-8-17(12-20)16-6-3-2-4-7-16)22(30)29-19-11-10-18(14-28)21(13-19)24(25,26)27/h2-13,31H,15H2,1H3,(H,29,30). The Labute approximate surface area is 187 Å². The summed E-state index contributed by atoms with van der Waals surface area (Å²) < 4.78 is 39.4. The second-order valence-corrected chi connectivity index (χ2v) is 8.33. The summed E-state index contributed by atoms with van der Waals surface area (Å²) in [5.41, 5.74) is -1.68. The Morgan fingerprint density at radius 3 is 2.38 bits per heavy atom. The van der Waals surface area contributed by atoms with E-state index in [1.54, 1.807) is 0 Å². The van der Waals surface area contributed by atoms with Gasteiger partial charge in [0, 0.05) is 16.3 Å². The van der Waals surface area contributed by atoms with Crippen LogP contribution in [0.3, 0.4) is 0 Å². The van der Waals surface area contributed by atoms with Crippen LogP contribution in [-0.4, -0.2) is 22.4 Å². The van der Waals surface area contributed by atoms with Gasteiger partial charge in [0.15, 0.2) is 0 Å². The second-order valence-electron chi connectivity index (χ2n) is 7.28. The van der Waals surface area contributed by atoms with E-state index in [1.165, 1.54) is 30.8 Å². The fourth-order valence-corrected chi connectivity index (χ4v) is 3.87. The molecule has 4 nitrogen and oxygen atoms in total. The van der Waals surface area contributed by atoms with Crippen LogP contribution in [0.5, 0.6) is 0 Å². The number of nitriles is 1. The molecule has 3 rings (SSSR count). The lowest BCUT2D eigenvalue weighted by Gasteiger charge is -2.22. The van der Waals surface area contributed by atoms with Gasteiger partial charge in [-0.2, -0.15) is 18.4 Å². The van der Waals surface area contributed by atoms with Crippen LogP contribution < -0.4 is 5.32 Å². The maximum Gasteiger partial charge on any atom is 0.417 e. The van der Waals surface area contributed by atoms with Gasteiger partial charge in [0.25, 0.3) is 5.91 Å². The Balaban J connectivity index is 1.70. The molecule has 0 saturated heterocycles. The summed E-state index contributed by atoms with van der Waals surface area (Å²) in [5, 5.41) is 21.8. The topological polar surface area (TPSA) is 73.1 Å². The number of hydrogen-bond acceptors (Lipinski definition) is 4. The minimum absolute atomic E-state index is 0.0144. The molecule has 0 aliphatic rings. The molecule has 0 aliphatic heterocycles. The van der Waals surface area contributed by atoms with Gasteiger partial charge < -0.3 is 10.4 Å². The van der Waals surface area contributed by atoms with Crippen molar-refractivity contribution in [2.75, 3.05) is 11.1 Å². The van der Waals surface area contributed by atoms with Gasteiger partial charge >= 0.3 is 6.18 Å². The summed E-state index contributed by atoms with van der Waals surface area (Å²) in [7, 11) is 0. The van der Waals surface area contributed by atoms with Crippen LogP contribution in [-0.2, 0) is 11.0 Å². The molecule has 164 valence electrons. The molecule has 0 aliphatic carbocycles. The van der Waals surface area contributed by atoms with Crippen molar-refractivity contribution in [3.63, 3.8) is 0 Å². The Bertz CT molecular complexity index is 1160. The highest BCUT2D eigenvalue weighted by molar-refractivity contribution is 7.99. The molecule has 0 bridgehead atoms. The zero-order chi connectivity index (χ0) is 23.4. The van der Waals surface area contributed by atoms with Gasteiger partial charge in [-0.15, -0.1) is 11.8 Å². The average molecular weight is 456 g/mol. The minimum atomic E-state index is -4.74. The SMILES string of the molecule is CC(O)(CSc1cccc(-c2ccccc2)c1)C(=O)Nc1ccc(C#N)c(C(F)(F)F)c1. The van der Waals surface area contributed by atoms with Crippen molar-refractivity contribution >= 4 is 23.4 Å². The lowest BCUT2D eigenvalue weighted by Crippen LogP contribution is -2.42.